The van der Waals surface area contributed by atoms with Crippen LogP contribution in [0.1, 0.15) is 10.5 Å². The smallest absolute Gasteiger partial charge is 0.356 e. The van der Waals surface area contributed by atoms with Crippen LogP contribution in [-0.4, -0.2) is 37.6 Å². The predicted molar refractivity (Wildman–Crippen MR) is 59.7 cm³/mol. The second kappa shape index (κ2) is 5.06. The van der Waals surface area contributed by atoms with Crippen molar-refractivity contribution in [3.05, 3.63) is 36.4 Å². The molecule has 0 bridgehead atoms. The highest BCUT2D eigenvalue weighted by atomic mass is 16.4. The summed E-state index contributed by atoms with van der Waals surface area (Å²) in [6.45, 7) is 1.16. The highest BCUT2D eigenvalue weighted by Gasteiger charge is 2.09. The number of aromatic carboxylic acids is 1. The molecule has 0 spiro atoms. The number of nitrogens with one attached hydrogen (secondary N) is 1. The van der Waals surface area contributed by atoms with Gasteiger partial charge in [-0.1, -0.05) is 5.21 Å². The first-order valence-electron chi connectivity index (χ1n) is 5.03. The summed E-state index contributed by atoms with van der Waals surface area (Å²) >= 11 is 0. The largest absolute Gasteiger partial charge is 0.476 e. The van der Waals surface area contributed by atoms with Crippen LogP contribution in [0.2, 0.25) is 0 Å². The van der Waals surface area contributed by atoms with Crippen molar-refractivity contribution in [3.8, 4) is 0 Å². The molecule has 2 N–H and O–H groups in total. The van der Waals surface area contributed by atoms with Crippen molar-refractivity contribution in [1.29, 1.82) is 0 Å². The Kier molecular flexibility index (Phi) is 3.29. The summed E-state index contributed by atoms with van der Waals surface area (Å²) in [5, 5.41) is 19.4. The Hall–Kier alpha value is -2.44. The van der Waals surface area contributed by atoms with Crippen molar-refractivity contribution in [2.24, 2.45) is 0 Å². The third-order valence-corrected chi connectivity index (χ3v) is 2.14. The second-order valence-corrected chi connectivity index (χ2v) is 3.30. The third kappa shape index (κ3) is 2.77. The Morgan fingerprint density at radius 2 is 2.35 bits per heavy atom. The third-order valence-electron chi connectivity index (χ3n) is 2.14. The van der Waals surface area contributed by atoms with Gasteiger partial charge in [-0.05, 0) is 12.1 Å². The van der Waals surface area contributed by atoms with Gasteiger partial charge in [0.2, 0.25) is 0 Å². The molecule has 0 amide bonds. The van der Waals surface area contributed by atoms with Gasteiger partial charge in [0.25, 0.3) is 0 Å². The van der Waals surface area contributed by atoms with Crippen LogP contribution in [0.15, 0.2) is 30.7 Å². The summed E-state index contributed by atoms with van der Waals surface area (Å²) in [6, 6.07) is 3.36. The average Bonchev–Trinajstić information content (AvgIpc) is 2.82. The van der Waals surface area contributed by atoms with Crippen molar-refractivity contribution < 1.29 is 9.90 Å². The molecule has 0 saturated carbocycles. The van der Waals surface area contributed by atoms with E-state index in [0.717, 1.165) is 0 Å². The molecule has 0 aromatic carbocycles. The maximum absolute atomic E-state index is 10.9. The van der Waals surface area contributed by atoms with E-state index in [9.17, 15) is 4.79 Å². The van der Waals surface area contributed by atoms with Gasteiger partial charge in [0.15, 0.2) is 5.69 Å². The predicted octanol–water partition coefficient (Wildman–Crippen LogP) is 0.483. The normalized spacial score (nSPS) is 10.1. The molecule has 2 aromatic heterocycles. The average molecular weight is 233 g/mol. The summed E-state index contributed by atoms with van der Waals surface area (Å²) < 4.78 is 1.66. The summed E-state index contributed by atoms with van der Waals surface area (Å²) in [4.78, 5) is 14.7. The number of aromatic nitrogens is 4. The van der Waals surface area contributed by atoms with Gasteiger partial charge in [0.1, 0.15) is 0 Å². The number of carbonyl (C=O) groups is 1. The zero-order chi connectivity index (χ0) is 12.1. The fourth-order valence-electron chi connectivity index (χ4n) is 1.38. The van der Waals surface area contributed by atoms with Crippen LogP contribution < -0.4 is 5.32 Å². The van der Waals surface area contributed by atoms with E-state index in [-0.39, 0.29) is 5.69 Å². The van der Waals surface area contributed by atoms with Gasteiger partial charge in [-0.15, -0.1) is 5.10 Å². The number of nitrogens with zero attached hydrogens (tertiary/aromatic N) is 4. The fraction of sp³-hybridized carbons (Fsp3) is 0.200. The lowest BCUT2D eigenvalue weighted by atomic mass is 10.3. The fourth-order valence-corrected chi connectivity index (χ4v) is 1.38. The summed E-state index contributed by atoms with van der Waals surface area (Å²) in [7, 11) is 0. The molecule has 2 rings (SSSR count). The lowest BCUT2D eigenvalue weighted by Crippen LogP contribution is -2.14. The van der Waals surface area contributed by atoms with E-state index in [1.54, 1.807) is 29.2 Å². The van der Waals surface area contributed by atoms with Crippen molar-refractivity contribution in [1.82, 2.24) is 20.0 Å². The van der Waals surface area contributed by atoms with Crippen molar-refractivity contribution in [3.63, 3.8) is 0 Å². The molecule has 0 saturated heterocycles. The highest BCUT2D eigenvalue weighted by Crippen LogP contribution is 2.11. The zero-order valence-corrected chi connectivity index (χ0v) is 8.95. The minimum atomic E-state index is -1.05. The van der Waals surface area contributed by atoms with E-state index in [1.807, 2.05) is 0 Å². The Balaban J connectivity index is 1.97. The number of hydrogen-bond acceptors (Lipinski definition) is 5. The van der Waals surface area contributed by atoms with E-state index in [1.165, 1.54) is 6.20 Å². The van der Waals surface area contributed by atoms with Gasteiger partial charge in [-0.25, -0.2) is 9.78 Å². The van der Waals surface area contributed by atoms with Crippen LogP contribution in [0.25, 0.3) is 0 Å². The number of pyridine rings is 1. The molecule has 0 aliphatic rings. The number of hydrogen-bond donors (Lipinski definition) is 2. The van der Waals surface area contributed by atoms with Crippen LogP contribution in [-0.2, 0) is 6.54 Å². The zero-order valence-electron chi connectivity index (χ0n) is 8.95. The van der Waals surface area contributed by atoms with Crippen LogP contribution in [0.4, 0.5) is 5.69 Å². The van der Waals surface area contributed by atoms with Crippen molar-refractivity contribution >= 4 is 11.7 Å². The number of rotatable bonds is 5. The van der Waals surface area contributed by atoms with E-state index < -0.39 is 5.97 Å². The summed E-state index contributed by atoms with van der Waals surface area (Å²) in [5.41, 5.74) is 0.520. The van der Waals surface area contributed by atoms with Gasteiger partial charge >= 0.3 is 5.97 Å². The molecule has 17 heavy (non-hydrogen) atoms. The Labute approximate surface area is 97.1 Å². The SMILES string of the molecule is O=C(O)c1ncccc1NCCn1ccnn1. The van der Waals surface area contributed by atoms with Gasteiger partial charge in [-0.3, -0.25) is 4.68 Å². The monoisotopic (exact) mass is 233 g/mol. The van der Waals surface area contributed by atoms with E-state index >= 15 is 0 Å². The first-order valence-corrected chi connectivity index (χ1v) is 5.03. The Morgan fingerprint density at radius 1 is 1.47 bits per heavy atom. The van der Waals surface area contributed by atoms with Gasteiger partial charge < -0.3 is 10.4 Å². The minimum absolute atomic E-state index is 0.0195. The van der Waals surface area contributed by atoms with Crippen LogP contribution in [0.5, 0.6) is 0 Å². The topological polar surface area (TPSA) is 92.9 Å². The van der Waals surface area contributed by atoms with E-state index in [4.69, 9.17) is 5.11 Å². The standard InChI is InChI=1S/C10H11N5O2/c16-10(17)9-8(2-1-3-12-9)11-4-6-15-7-5-13-14-15/h1-3,5,7,11H,4,6H2,(H,16,17). The molecule has 0 aliphatic heterocycles. The van der Waals surface area contributed by atoms with Crippen molar-refractivity contribution in [2.75, 3.05) is 11.9 Å². The van der Waals surface area contributed by atoms with Crippen LogP contribution in [0, 0.1) is 0 Å². The molecule has 0 unspecified atom stereocenters. The lowest BCUT2D eigenvalue weighted by molar-refractivity contribution is 0.0691. The van der Waals surface area contributed by atoms with E-state index in [0.29, 0.717) is 18.8 Å². The molecular weight excluding hydrogens is 222 g/mol. The molecular formula is C10H11N5O2. The van der Waals surface area contributed by atoms with Gasteiger partial charge in [0, 0.05) is 18.9 Å². The van der Waals surface area contributed by atoms with Gasteiger partial charge in [-0.2, -0.15) is 0 Å². The maximum atomic E-state index is 10.9. The molecule has 0 fully saturated rings. The van der Waals surface area contributed by atoms with Crippen molar-refractivity contribution in [2.45, 2.75) is 6.54 Å². The lowest BCUT2D eigenvalue weighted by Gasteiger charge is -2.07. The molecule has 7 heteroatoms. The maximum Gasteiger partial charge on any atom is 0.356 e. The first-order chi connectivity index (χ1) is 8.27. The van der Waals surface area contributed by atoms with Crippen LogP contribution >= 0.6 is 0 Å². The number of carboxylic acid groups (broad SMARTS) is 1. The minimum Gasteiger partial charge on any atom is -0.476 e. The molecule has 7 nitrogen and oxygen atoms in total. The molecule has 2 heterocycles. The highest BCUT2D eigenvalue weighted by molar-refractivity contribution is 5.91. The molecule has 0 radical (unpaired) electrons. The molecule has 88 valence electrons. The Bertz CT molecular complexity index is 497. The first kappa shape index (κ1) is 11.1. The summed E-state index contributed by atoms with van der Waals surface area (Å²) in [6.07, 6.45) is 4.78. The second-order valence-electron chi connectivity index (χ2n) is 3.30. The van der Waals surface area contributed by atoms with E-state index in [2.05, 4.69) is 20.6 Å². The molecule has 0 aliphatic carbocycles. The number of anilines is 1. The van der Waals surface area contributed by atoms with Crippen LogP contribution in [0.3, 0.4) is 0 Å². The quantitative estimate of drug-likeness (QED) is 0.780. The van der Waals surface area contributed by atoms with Gasteiger partial charge in [0.05, 0.1) is 18.4 Å². The molecule has 0 atom stereocenters. The Morgan fingerprint density at radius 3 is 3.06 bits per heavy atom. The summed E-state index contributed by atoms with van der Waals surface area (Å²) in [5.74, 6) is -1.05. The molecule has 2 aromatic rings. The number of carboxylic acids is 1.